The van der Waals surface area contributed by atoms with Crippen molar-refractivity contribution in [3.8, 4) is 0 Å². The fourth-order valence-corrected chi connectivity index (χ4v) is 0.641. The molecule has 0 aromatic rings. The van der Waals surface area contributed by atoms with Gasteiger partial charge >= 0.3 is 0 Å². The summed E-state index contributed by atoms with van der Waals surface area (Å²) < 4.78 is 0. The van der Waals surface area contributed by atoms with Crippen LogP contribution in [0.5, 0.6) is 0 Å². The maximum absolute atomic E-state index is 9.47. The zero-order chi connectivity index (χ0) is 7.49. The summed E-state index contributed by atoms with van der Waals surface area (Å²) in [5.41, 5.74) is 4.66. The third kappa shape index (κ3) is 2.33. The summed E-state index contributed by atoms with van der Waals surface area (Å²) in [6.45, 7) is 6.19. The first kappa shape index (κ1) is 8.92. The van der Waals surface area contributed by atoms with Crippen molar-refractivity contribution in [2.24, 2.45) is 11.7 Å². The summed E-state index contributed by atoms with van der Waals surface area (Å²) in [6, 6.07) is 0. The molecule has 0 aliphatic rings. The van der Waals surface area contributed by atoms with Gasteiger partial charge < -0.3 is 10.8 Å². The molecule has 0 aromatic carbocycles. The molecule has 0 amide bonds. The highest BCUT2D eigenvalue weighted by Gasteiger charge is 2.24. The summed E-state index contributed by atoms with van der Waals surface area (Å²) in [5.74, 6) is 0.294. The summed E-state index contributed by atoms with van der Waals surface area (Å²) in [5, 5.41) is 9.47. The fourth-order valence-electron chi connectivity index (χ4n) is 0.641. The van der Waals surface area contributed by atoms with E-state index in [0.717, 1.165) is 6.42 Å². The van der Waals surface area contributed by atoms with Gasteiger partial charge in [-0.25, -0.2) is 0 Å². The molecular weight excluding hydrogens is 114 g/mol. The second-order valence-electron chi connectivity index (χ2n) is 2.87. The predicted molar refractivity (Wildman–Crippen MR) is 39.1 cm³/mol. The van der Waals surface area contributed by atoms with E-state index < -0.39 is 5.60 Å². The average Bonchev–Trinajstić information content (AvgIpc) is 1.86. The molecule has 0 fully saturated rings. The molecule has 56 valence electrons. The van der Waals surface area contributed by atoms with Crippen molar-refractivity contribution in [3.05, 3.63) is 0 Å². The lowest BCUT2D eigenvalue weighted by atomic mass is 9.89. The van der Waals surface area contributed by atoms with Crippen molar-refractivity contribution >= 4 is 0 Å². The Balaban J connectivity index is 3.80. The van der Waals surface area contributed by atoms with E-state index in [4.69, 9.17) is 5.73 Å². The van der Waals surface area contributed by atoms with Crippen molar-refractivity contribution in [3.63, 3.8) is 0 Å². The third-order valence-corrected chi connectivity index (χ3v) is 2.09. The number of rotatable bonds is 3. The summed E-state index contributed by atoms with van der Waals surface area (Å²) in [6.07, 6.45) is 0.976. The van der Waals surface area contributed by atoms with Crippen LogP contribution < -0.4 is 5.73 Å². The molecule has 0 saturated heterocycles. The molecule has 0 aliphatic heterocycles. The maximum atomic E-state index is 9.47. The lowest BCUT2D eigenvalue weighted by molar-refractivity contribution is 0.0135. The van der Waals surface area contributed by atoms with Crippen LogP contribution in [0.2, 0.25) is 0 Å². The Morgan fingerprint density at radius 3 is 2.22 bits per heavy atom. The number of nitrogens with two attached hydrogens (primary N) is 1. The first-order chi connectivity index (χ1) is 4.04. The molecule has 0 heterocycles. The molecule has 0 aliphatic carbocycles. The van der Waals surface area contributed by atoms with Gasteiger partial charge in [0.15, 0.2) is 0 Å². The van der Waals surface area contributed by atoms with Gasteiger partial charge in [-0.15, -0.1) is 0 Å². The monoisotopic (exact) mass is 131 g/mol. The van der Waals surface area contributed by atoms with Crippen LogP contribution in [-0.2, 0) is 0 Å². The van der Waals surface area contributed by atoms with Crippen LogP contribution in [0.1, 0.15) is 27.2 Å². The van der Waals surface area contributed by atoms with Gasteiger partial charge in [0.1, 0.15) is 0 Å². The van der Waals surface area contributed by atoms with Crippen LogP contribution in [0.25, 0.3) is 0 Å². The van der Waals surface area contributed by atoms with Gasteiger partial charge in [0.25, 0.3) is 0 Å². The topological polar surface area (TPSA) is 46.2 Å². The first-order valence-corrected chi connectivity index (χ1v) is 3.47. The Morgan fingerprint density at radius 1 is 1.67 bits per heavy atom. The van der Waals surface area contributed by atoms with Gasteiger partial charge in [0.05, 0.1) is 5.60 Å². The Morgan fingerprint density at radius 2 is 2.11 bits per heavy atom. The Bertz CT molecular complexity index is 81.0. The van der Waals surface area contributed by atoms with Gasteiger partial charge in [-0.1, -0.05) is 20.3 Å². The fraction of sp³-hybridized carbons (Fsp3) is 1.00. The van der Waals surface area contributed by atoms with Gasteiger partial charge in [-0.2, -0.15) is 0 Å². The normalized spacial score (nSPS) is 21.0. The van der Waals surface area contributed by atoms with E-state index in [-0.39, 0.29) is 0 Å². The van der Waals surface area contributed by atoms with Crippen molar-refractivity contribution in [1.29, 1.82) is 0 Å². The van der Waals surface area contributed by atoms with Gasteiger partial charge in [0.2, 0.25) is 0 Å². The molecule has 0 aromatic heterocycles. The minimum Gasteiger partial charge on any atom is -0.389 e. The molecule has 0 spiro atoms. The molecule has 9 heavy (non-hydrogen) atoms. The highest BCUT2D eigenvalue weighted by Crippen LogP contribution is 2.17. The van der Waals surface area contributed by atoms with Crippen LogP contribution >= 0.6 is 0 Å². The highest BCUT2D eigenvalue weighted by atomic mass is 16.3. The standard InChI is InChI=1S/C7H17NO/c1-4-6(2)7(3,9)5-8/h6,9H,4-5,8H2,1-3H3/t6-,7-/m1/s1. The number of hydrogen-bond donors (Lipinski definition) is 2. The zero-order valence-electron chi connectivity index (χ0n) is 6.52. The van der Waals surface area contributed by atoms with Crippen molar-refractivity contribution in [1.82, 2.24) is 0 Å². The summed E-state index contributed by atoms with van der Waals surface area (Å²) in [7, 11) is 0. The van der Waals surface area contributed by atoms with Gasteiger partial charge in [0, 0.05) is 6.54 Å². The summed E-state index contributed by atoms with van der Waals surface area (Å²) >= 11 is 0. The molecule has 0 radical (unpaired) electrons. The van der Waals surface area contributed by atoms with Crippen molar-refractivity contribution in [2.45, 2.75) is 32.8 Å². The molecule has 3 N–H and O–H groups in total. The van der Waals surface area contributed by atoms with E-state index in [1.807, 2.05) is 6.92 Å². The molecule has 0 unspecified atom stereocenters. The SMILES string of the molecule is CC[C@@H](C)[C@](C)(O)CN. The van der Waals surface area contributed by atoms with E-state index in [2.05, 4.69) is 6.92 Å². The Labute approximate surface area is 57.1 Å². The van der Waals surface area contributed by atoms with E-state index in [9.17, 15) is 5.11 Å². The second-order valence-corrected chi connectivity index (χ2v) is 2.87. The number of aliphatic hydroxyl groups is 1. The molecule has 2 atom stereocenters. The second kappa shape index (κ2) is 3.18. The molecular formula is C7H17NO. The first-order valence-electron chi connectivity index (χ1n) is 3.47. The highest BCUT2D eigenvalue weighted by molar-refractivity contribution is 4.78. The molecule has 0 saturated carbocycles. The summed E-state index contributed by atoms with van der Waals surface area (Å²) in [4.78, 5) is 0. The van der Waals surface area contributed by atoms with E-state index in [1.165, 1.54) is 0 Å². The molecule has 0 rings (SSSR count). The number of hydrogen-bond acceptors (Lipinski definition) is 2. The maximum Gasteiger partial charge on any atom is 0.0766 e. The predicted octanol–water partition coefficient (Wildman–Crippen LogP) is 0.742. The minimum absolute atomic E-state index is 0.294. The molecule has 2 heteroatoms. The quantitative estimate of drug-likeness (QED) is 0.593. The van der Waals surface area contributed by atoms with E-state index in [0.29, 0.717) is 12.5 Å². The average molecular weight is 131 g/mol. The third-order valence-electron chi connectivity index (χ3n) is 2.09. The molecule has 2 nitrogen and oxygen atoms in total. The van der Waals surface area contributed by atoms with Crippen LogP contribution in [0, 0.1) is 5.92 Å². The lowest BCUT2D eigenvalue weighted by Crippen LogP contribution is -2.40. The zero-order valence-corrected chi connectivity index (χ0v) is 6.52. The minimum atomic E-state index is -0.672. The van der Waals surface area contributed by atoms with E-state index >= 15 is 0 Å². The van der Waals surface area contributed by atoms with Crippen LogP contribution in [0.3, 0.4) is 0 Å². The van der Waals surface area contributed by atoms with Crippen molar-refractivity contribution < 1.29 is 5.11 Å². The Kier molecular flexibility index (Phi) is 3.15. The van der Waals surface area contributed by atoms with Crippen LogP contribution in [-0.4, -0.2) is 17.3 Å². The molecule has 0 bridgehead atoms. The van der Waals surface area contributed by atoms with Crippen LogP contribution in [0.4, 0.5) is 0 Å². The lowest BCUT2D eigenvalue weighted by Gasteiger charge is -2.27. The van der Waals surface area contributed by atoms with Crippen LogP contribution in [0.15, 0.2) is 0 Å². The largest absolute Gasteiger partial charge is 0.389 e. The van der Waals surface area contributed by atoms with Crippen molar-refractivity contribution in [2.75, 3.05) is 6.54 Å². The van der Waals surface area contributed by atoms with E-state index in [1.54, 1.807) is 6.92 Å². The Hall–Kier alpha value is -0.0800. The van der Waals surface area contributed by atoms with Gasteiger partial charge in [-0.3, -0.25) is 0 Å². The van der Waals surface area contributed by atoms with Gasteiger partial charge in [-0.05, 0) is 12.8 Å². The smallest absolute Gasteiger partial charge is 0.0766 e.